The number of hydrogen-bond acceptors (Lipinski definition) is 4. The van der Waals surface area contributed by atoms with Gasteiger partial charge in [0.25, 0.3) is 0 Å². The Labute approximate surface area is 128 Å². The fourth-order valence-corrected chi connectivity index (χ4v) is 3.84. The van der Waals surface area contributed by atoms with Crippen LogP contribution in [0.3, 0.4) is 0 Å². The second kappa shape index (κ2) is 5.14. The molecule has 104 valence electrons. The fraction of sp³-hybridized carbons (Fsp3) is 0.333. The summed E-state index contributed by atoms with van der Waals surface area (Å²) < 4.78 is 0. The van der Waals surface area contributed by atoms with E-state index in [0.717, 1.165) is 30.0 Å². The largest absolute Gasteiger partial charge is 0.389 e. The van der Waals surface area contributed by atoms with Gasteiger partial charge in [-0.05, 0) is 49.4 Å². The van der Waals surface area contributed by atoms with Crippen molar-refractivity contribution in [1.29, 1.82) is 0 Å². The van der Waals surface area contributed by atoms with Crippen LogP contribution in [0.25, 0.3) is 0 Å². The van der Waals surface area contributed by atoms with Crippen LogP contribution in [0.1, 0.15) is 34.7 Å². The topological polar surface area (TPSA) is 42.1 Å². The molecule has 0 saturated carbocycles. The van der Waals surface area contributed by atoms with Crippen molar-refractivity contribution in [3.05, 3.63) is 45.3 Å². The van der Waals surface area contributed by atoms with Crippen molar-refractivity contribution in [2.75, 3.05) is 11.4 Å². The van der Waals surface area contributed by atoms with Gasteiger partial charge in [-0.1, -0.05) is 12.2 Å². The van der Waals surface area contributed by atoms with E-state index in [2.05, 4.69) is 28.3 Å². The Balaban J connectivity index is 2.00. The van der Waals surface area contributed by atoms with E-state index in [1.165, 1.54) is 10.4 Å². The summed E-state index contributed by atoms with van der Waals surface area (Å²) in [5.41, 5.74) is 9.03. The molecule has 0 saturated heterocycles. The first-order chi connectivity index (χ1) is 9.56. The Bertz CT molecular complexity index is 663. The van der Waals surface area contributed by atoms with Crippen LogP contribution < -0.4 is 10.6 Å². The van der Waals surface area contributed by atoms with Gasteiger partial charge in [-0.3, -0.25) is 0 Å². The van der Waals surface area contributed by atoms with Crippen molar-refractivity contribution in [2.45, 2.75) is 26.3 Å². The van der Waals surface area contributed by atoms with Gasteiger partial charge in [0.2, 0.25) is 0 Å². The first-order valence-electron chi connectivity index (χ1n) is 6.67. The van der Waals surface area contributed by atoms with Crippen LogP contribution in [0.5, 0.6) is 0 Å². The van der Waals surface area contributed by atoms with Crippen molar-refractivity contribution in [3.63, 3.8) is 0 Å². The lowest BCUT2D eigenvalue weighted by Crippen LogP contribution is -2.34. The Hall–Kier alpha value is -1.46. The highest BCUT2D eigenvalue weighted by molar-refractivity contribution is 7.80. The average Bonchev–Trinajstić information content (AvgIpc) is 2.87. The highest BCUT2D eigenvalue weighted by Crippen LogP contribution is 2.35. The highest BCUT2D eigenvalue weighted by Gasteiger charge is 2.26. The number of anilines is 1. The molecule has 0 bridgehead atoms. The van der Waals surface area contributed by atoms with Gasteiger partial charge in [-0.15, -0.1) is 11.3 Å². The summed E-state index contributed by atoms with van der Waals surface area (Å²) in [4.78, 5) is 8.92. The first kappa shape index (κ1) is 13.5. The number of hydrogen-bond donors (Lipinski definition) is 1. The lowest BCUT2D eigenvalue weighted by atomic mass is 10.0. The van der Waals surface area contributed by atoms with Crippen LogP contribution in [-0.4, -0.2) is 16.5 Å². The molecule has 3 rings (SSSR count). The number of pyridine rings is 1. The van der Waals surface area contributed by atoms with E-state index in [-0.39, 0.29) is 0 Å². The summed E-state index contributed by atoms with van der Waals surface area (Å²) in [7, 11) is 0. The average molecular weight is 303 g/mol. The number of thiocarbonyl (C=S) groups is 1. The summed E-state index contributed by atoms with van der Waals surface area (Å²) in [6.07, 6.45) is 1.08. The highest BCUT2D eigenvalue weighted by atomic mass is 32.1. The number of nitrogens with two attached hydrogens (primary N) is 1. The molecule has 2 N–H and O–H groups in total. The van der Waals surface area contributed by atoms with E-state index < -0.39 is 0 Å². The minimum absolute atomic E-state index is 0.346. The normalized spacial score (nSPS) is 17.9. The number of fused-ring (bicyclic) bond motifs is 1. The minimum Gasteiger partial charge on any atom is -0.389 e. The second-order valence-electron chi connectivity index (χ2n) is 5.14. The maximum atomic E-state index is 5.76. The molecular formula is C15H17N3S2. The van der Waals surface area contributed by atoms with Gasteiger partial charge in [0.15, 0.2) is 0 Å². The van der Waals surface area contributed by atoms with Gasteiger partial charge >= 0.3 is 0 Å². The Morgan fingerprint density at radius 3 is 3.05 bits per heavy atom. The SMILES string of the molecule is Cc1cc(C(N)=S)cc(N2CCc3sccc3C2C)n1. The zero-order valence-corrected chi connectivity index (χ0v) is 13.2. The summed E-state index contributed by atoms with van der Waals surface area (Å²) >= 11 is 6.94. The van der Waals surface area contributed by atoms with Gasteiger partial charge in [0.1, 0.15) is 10.8 Å². The van der Waals surface area contributed by atoms with Gasteiger partial charge < -0.3 is 10.6 Å². The summed E-state index contributed by atoms with van der Waals surface area (Å²) in [5, 5.41) is 2.18. The number of nitrogens with zero attached hydrogens (tertiary/aromatic N) is 2. The van der Waals surface area contributed by atoms with Crippen molar-refractivity contribution >= 4 is 34.4 Å². The molecule has 2 aromatic heterocycles. The molecule has 0 spiro atoms. The maximum Gasteiger partial charge on any atom is 0.130 e. The Morgan fingerprint density at radius 1 is 1.50 bits per heavy atom. The van der Waals surface area contributed by atoms with E-state index in [1.54, 1.807) is 0 Å². The number of aromatic nitrogens is 1. The van der Waals surface area contributed by atoms with Gasteiger partial charge in [0, 0.05) is 22.7 Å². The Morgan fingerprint density at radius 2 is 2.30 bits per heavy atom. The predicted molar refractivity (Wildman–Crippen MR) is 88.6 cm³/mol. The van der Waals surface area contributed by atoms with Crippen LogP contribution in [0.4, 0.5) is 5.82 Å². The molecule has 20 heavy (non-hydrogen) atoms. The van der Waals surface area contributed by atoms with E-state index in [0.29, 0.717) is 11.0 Å². The van der Waals surface area contributed by atoms with Gasteiger partial charge in [-0.25, -0.2) is 4.98 Å². The molecule has 1 aliphatic heterocycles. The predicted octanol–water partition coefficient (Wildman–Crippen LogP) is 3.21. The summed E-state index contributed by atoms with van der Waals surface area (Å²) in [6, 6.07) is 6.51. The summed E-state index contributed by atoms with van der Waals surface area (Å²) in [5.74, 6) is 0.970. The third-order valence-electron chi connectivity index (χ3n) is 3.80. The number of aryl methyl sites for hydroxylation is 1. The lowest BCUT2D eigenvalue weighted by Gasteiger charge is -2.35. The maximum absolute atomic E-state index is 5.76. The smallest absolute Gasteiger partial charge is 0.130 e. The molecule has 0 aliphatic carbocycles. The molecule has 0 aromatic carbocycles. The van der Waals surface area contributed by atoms with E-state index >= 15 is 0 Å². The number of thiophene rings is 1. The van der Waals surface area contributed by atoms with Crippen molar-refractivity contribution in [1.82, 2.24) is 4.98 Å². The molecule has 0 fully saturated rings. The fourth-order valence-electron chi connectivity index (χ4n) is 2.76. The quantitative estimate of drug-likeness (QED) is 0.865. The van der Waals surface area contributed by atoms with Gasteiger partial charge in [0.05, 0.1) is 6.04 Å². The van der Waals surface area contributed by atoms with Crippen LogP contribution in [0.15, 0.2) is 23.6 Å². The Kier molecular flexibility index (Phi) is 3.48. The third-order valence-corrected chi connectivity index (χ3v) is 5.03. The zero-order valence-electron chi connectivity index (χ0n) is 11.6. The monoisotopic (exact) mass is 303 g/mol. The third kappa shape index (κ3) is 2.31. The van der Waals surface area contributed by atoms with E-state index in [9.17, 15) is 0 Å². The van der Waals surface area contributed by atoms with Crippen molar-refractivity contribution in [3.8, 4) is 0 Å². The van der Waals surface area contributed by atoms with Crippen molar-refractivity contribution in [2.24, 2.45) is 5.73 Å². The molecule has 0 radical (unpaired) electrons. The molecule has 2 aromatic rings. The minimum atomic E-state index is 0.346. The van der Waals surface area contributed by atoms with E-state index in [4.69, 9.17) is 18.0 Å². The molecule has 1 unspecified atom stereocenters. The van der Waals surface area contributed by atoms with Crippen LogP contribution in [0.2, 0.25) is 0 Å². The molecule has 1 atom stereocenters. The number of rotatable bonds is 2. The molecule has 5 heteroatoms. The summed E-state index contributed by atoms with van der Waals surface area (Å²) in [6.45, 7) is 5.20. The van der Waals surface area contributed by atoms with E-state index in [1.807, 2.05) is 30.4 Å². The first-order valence-corrected chi connectivity index (χ1v) is 7.96. The second-order valence-corrected chi connectivity index (χ2v) is 6.58. The standard InChI is InChI=1S/C15H17N3S2/c1-9-7-11(15(16)19)8-14(17-9)18-5-3-13-12(10(18)2)4-6-20-13/h4,6-8,10H,3,5H2,1-2H3,(H2,16,19). The van der Waals surface area contributed by atoms with Crippen LogP contribution in [-0.2, 0) is 6.42 Å². The molecular weight excluding hydrogens is 286 g/mol. The molecule has 3 nitrogen and oxygen atoms in total. The van der Waals surface area contributed by atoms with Gasteiger partial charge in [-0.2, -0.15) is 0 Å². The van der Waals surface area contributed by atoms with Crippen LogP contribution in [0, 0.1) is 6.92 Å². The molecule has 3 heterocycles. The zero-order chi connectivity index (χ0) is 14.3. The molecule has 1 aliphatic rings. The van der Waals surface area contributed by atoms with Crippen LogP contribution >= 0.6 is 23.6 Å². The molecule has 0 amide bonds. The lowest BCUT2D eigenvalue weighted by molar-refractivity contribution is 0.624. The van der Waals surface area contributed by atoms with Crippen molar-refractivity contribution < 1.29 is 0 Å².